The van der Waals surface area contributed by atoms with Crippen LogP contribution in [0.1, 0.15) is 11.3 Å². The maximum absolute atomic E-state index is 8.69. The van der Waals surface area contributed by atoms with E-state index < -0.39 is 0 Å². The van der Waals surface area contributed by atoms with E-state index >= 15 is 0 Å². The van der Waals surface area contributed by atoms with Gasteiger partial charge in [0.25, 0.3) is 0 Å². The van der Waals surface area contributed by atoms with Crippen molar-refractivity contribution in [3.05, 3.63) is 47.7 Å². The molecule has 4 heteroatoms. The molecule has 0 saturated carbocycles. The van der Waals surface area contributed by atoms with Crippen LogP contribution in [0.5, 0.6) is 0 Å². The second-order valence-electron chi connectivity index (χ2n) is 3.69. The number of nitrogens with one attached hydrogen (secondary N) is 1. The van der Waals surface area contributed by atoms with E-state index in [1.54, 1.807) is 12.1 Å². The van der Waals surface area contributed by atoms with Crippen molar-refractivity contribution in [1.82, 2.24) is 4.98 Å². The zero-order valence-electron chi connectivity index (χ0n) is 9.44. The molecule has 4 nitrogen and oxygen atoms in total. The Morgan fingerprint density at radius 1 is 1.18 bits per heavy atom. The highest BCUT2D eigenvalue weighted by Crippen LogP contribution is 2.17. The van der Waals surface area contributed by atoms with E-state index in [9.17, 15) is 0 Å². The molecule has 0 aliphatic rings. The zero-order chi connectivity index (χ0) is 12.3. The van der Waals surface area contributed by atoms with E-state index in [2.05, 4.69) is 16.4 Å². The third kappa shape index (κ3) is 2.52. The number of nitrogen functional groups attached to an aromatic ring is 1. The number of anilines is 3. The van der Waals surface area contributed by atoms with Crippen LogP contribution in [0, 0.1) is 18.3 Å². The summed E-state index contributed by atoms with van der Waals surface area (Å²) in [6.45, 7) is 1.86. The minimum Gasteiger partial charge on any atom is -0.397 e. The minimum absolute atomic E-state index is 0.636. The predicted octanol–water partition coefficient (Wildman–Crippen LogP) is 2.59. The molecule has 0 unspecified atom stereocenters. The van der Waals surface area contributed by atoms with E-state index in [-0.39, 0.29) is 0 Å². The average molecular weight is 224 g/mol. The summed E-state index contributed by atoms with van der Waals surface area (Å²) in [5.41, 5.74) is 8.69. The van der Waals surface area contributed by atoms with Gasteiger partial charge in [-0.3, -0.25) is 0 Å². The van der Waals surface area contributed by atoms with E-state index in [1.165, 1.54) is 0 Å². The molecule has 0 amide bonds. The molecule has 0 fully saturated rings. The quantitative estimate of drug-likeness (QED) is 0.822. The van der Waals surface area contributed by atoms with Gasteiger partial charge in [0.05, 0.1) is 23.0 Å². The molecule has 0 aliphatic carbocycles. The van der Waals surface area contributed by atoms with Crippen LogP contribution >= 0.6 is 0 Å². The van der Waals surface area contributed by atoms with Crippen LogP contribution in [0.3, 0.4) is 0 Å². The number of hydrogen-bond acceptors (Lipinski definition) is 4. The van der Waals surface area contributed by atoms with Crippen molar-refractivity contribution in [3.63, 3.8) is 0 Å². The molecule has 3 N–H and O–H groups in total. The van der Waals surface area contributed by atoms with E-state index in [1.807, 2.05) is 31.2 Å². The lowest BCUT2D eigenvalue weighted by atomic mass is 10.2. The largest absolute Gasteiger partial charge is 0.397 e. The number of aromatic nitrogens is 1. The summed E-state index contributed by atoms with van der Waals surface area (Å²) in [6.07, 6.45) is 0. The van der Waals surface area contributed by atoms with Crippen molar-refractivity contribution in [2.75, 3.05) is 11.1 Å². The molecular weight excluding hydrogens is 212 g/mol. The first-order valence-electron chi connectivity index (χ1n) is 5.19. The van der Waals surface area contributed by atoms with E-state index in [0.29, 0.717) is 11.3 Å². The fourth-order valence-electron chi connectivity index (χ4n) is 1.42. The topological polar surface area (TPSA) is 74.7 Å². The van der Waals surface area contributed by atoms with Crippen LogP contribution in [0.2, 0.25) is 0 Å². The second kappa shape index (κ2) is 4.54. The maximum atomic E-state index is 8.69. The van der Waals surface area contributed by atoms with Crippen molar-refractivity contribution in [2.24, 2.45) is 0 Å². The highest BCUT2D eigenvalue weighted by atomic mass is 15.0. The van der Waals surface area contributed by atoms with Crippen LogP contribution < -0.4 is 11.1 Å². The molecule has 0 bridgehead atoms. The number of benzene rings is 1. The SMILES string of the molecule is Cc1nc(Nc2ccc(C#N)cc2)ccc1N. The van der Waals surface area contributed by atoms with Gasteiger partial charge in [0, 0.05) is 5.69 Å². The summed E-state index contributed by atoms with van der Waals surface area (Å²) < 4.78 is 0. The fourth-order valence-corrected chi connectivity index (χ4v) is 1.42. The van der Waals surface area contributed by atoms with Crippen LogP contribution in [0.15, 0.2) is 36.4 Å². The van der Waals surface area contributed by atoms with Gasteiger partial charge in [0.1, 0.15) is 5.82 Å². The molecule has 1 heterocycles. The smallest absolute Gasteiger partial charge is 0.130 e. The van der Waals surface area contributed by atoms with E-state index in [0.717, 1.165) is 17.2 Å². The van der Waals surface area contributed by atoms with Crippen molar-refractivity contribution >= 4 is 17.2 Å². The van der Waals surface area contributed by atoms with Gasteiger partial charge in [-0.25, -0.2) is 4.98 Å². The highest BCUT2D eigenvalue weighted by molar-refractivity contribution is 5.59. The first-order chi connectivity index (χ1) is 8.19. The number of hydrogen-bond donors (Lipinski definition) is 2. The first-order valence-corrected chi connectivity index (χ1v) is 5.19. The van der Waals surface area contributed by atoms with Gasteiger partial charge in [-0.05, 0) is 43.3 Å². The van der Waals surface area contributed by atoms with Gasteiger partial charge >= 0.3 is 0 Å². The first kappa shape index (κ1) is 11.0. The Morgan fingerprint density at radius 2 is 1.88 bits per heavy atom. The normalized spacial score (nSPS) is 9.65. The Hall–Kier alpha value is -2.54. The number of nitrogens with two attached hydrogens (primary N) is 1. The molecule has 0 atom stereocenters. The molecule has 0 spiro atoms. The van der Waals surface area contributed by atoms with Crippen LogP contribution in [0.25, 0.3) is 0 Å². The molecule has 0 radical (unpaired) electrons. The Morgan fingerprint density at radius 3 is 2.47 bits per heavy atom. The molecule has 0 saturated heterocycles. The molecule has 84 valence electrons. The lowest BCUT2D eigenvalue weighted by Gasteiger charge is -2.07. The monoisotopic (exact) mass is 224 g/mol. The van der Waals surface area contributed by atoms with Gasteiger partial charge in [-0.2, -0.15) is 5.26 Å². The summed E-state index contributed by atoms with van der Waals surface area (Å²) in [4.78, 5) is 4.31. The Kier molecular flexibility index (Phi) is 2.93. The summed E-state index contributed by atoms with van der Waals surface area (Å²) in [6, 6.07) is 12.9. The van der Waals surface area contributed by atoms with Crippen LogP contribution in [-0.2, 0) is 0 Å². The lowest BCUT2D eigenvalue weighted by molar-refractivity contribution is 1.20. The standard InChI is InChI=1S/C13H12N4/c1-9-12(15)6-7-13(16-9)17-11-4-2-10(8-14)3-5-11/h2-7H,15H2,1H3,(H,16,17). The average Bonchev–Trinajstić information content (AvgIpc) is 2.35. The predicted molar refractivity (Wildman–Crippen MR) is 67.8 cm³/mol. The Labute approximate surface area is 99.7 Å². The number of rotatable bonds is 2. The lowest BCUT2D eigenvalue weighted by Crippen LogP contribution is -1.98. The van der Waals surface area contributed by atoms with Crippen molar-refractivity contribution in [3.8, 4) is 6.07 Å². The van der Waals surface area contributed by atoms with E-state index in [4.69, 9.17) is 11.0 Å². The highest BCUT2D eigenvalue weighted by Gasteiger charge is 1.99. The summed E-state index contributed by atoms with van der Waals surface area (Å²) in [7, 11) is 0. The third-order valence-corrected chi connectivity index (χ3v) is 2.41. The summed E-state index contributed by atoms with van der Waals surface area (Å²) in [5.74, 6) is 0.737. The molecule has 2 aromatic rings. The Bertz CT molecular complexity index is 567. The second-order valence-corrected chi connectivity index (χ2v) is 3.69. The van der Waals surface area contributed by atoms with Gasteiger partial charge in [0.15, 0.2) is 0 Å². The fraction of sp³-hybridized carbons (Fsp3) is 0.0769. The molecular formula is C13H12N4. The summed E-state index contributed by atoms with van der Waals surface area (Å²) in [5, 5.41) is 11.8. The van der Waals surface area contributed by atoms with Crippen molar-refractivity contribution in [2.45, 2.75) is 6.92 Å². The number of nitrogens with zero attached hydrogens (tertiary/aromatic N) is 2. The third-order valence-electron chi connectivity index (χ3n) is 2.41. The van der Waals surface area contributed by atoms with Crippen molar-refractivity contribution < 1.29 is 0 Å². The maximum Gasteiger partial charge on any atom is 0.130 e. The summed E-state index contributed by atoms with van der Waals surface area (Å²) >= 11 is 0. The molecule has 17 heavy (non-hydrogen) atoms. The zero-order valence-corrected chi connectivity index (χ0v) is 9.44. The molecule has 0 aliphatic heterocycles. The minimum atomic E-state index is 0.636. The van der Waals surface area contributed by atoms with Crippen molar-refractivity contribution in [1.29, 1.82) is 5.26 Å². The molecule has 1 aromatic heterocycles. The number of aryl methyl sites for hydroxylation is 1. The van der Waals surface area contributed by atoms with Crippen LogP contribution in [-0.4, -0.2) is 4.98 Å². The van der Waals surface area contributed by atoms with Crippen LogP contribution in [0.4, 0.5) is 17.2 Å². The van der Waals surface area contributed by atoms with Gasteiger partial charge < -0.3 is 11.1 Å². The van der Waals surface area contributed by atoms with Gasteiger partial charge in [0.2, 0.25) is 0 Å². The Balaban J connectivity index is 2.20. The number of pyridine rings is 1. The molecule has 2 rings (SSSR count). The van der Waals surface area contributed by atoms with Gasteiger partial charge in [-0.15, -0.1) is 0 Å². The van der Waals surface area contributed by atoms with Gasteiger partial charge in [-0.1, -0.05) is 0 Å². The number of nitriles is 1. The molecule has 1 aromatic carbocycles.